The van der Waals surface area contributed by atoms with Crippen molar-refractivity contribution < 1.29 is 0 Å². The Morgan fingerprint density at radius 3 is 2.95 bits per heavy atom. The first-order valence-electron chi connectivity index (χ1n) is 7.05. The Morgan fingerprint density at radius 2 is 2.21 bits per heavy atom. The highest BCUT2D eigenvalue weighted by Gasteiger charge is 2.20. The largest absolute Gasteiger partial charge is 0.312 e. The molecule has 1 aromatic rings. The SMILES string of the molecule is Cc1ncc(Br)c(=O)n1CCNC1CCCCC1C. The van der Waals surface area contributed by atoms with E-state index in [1.165, 1.54) is 25.7 Å². The number of rotatable bonds is 4. The first-order chi connectivity index (χ1) is 9.09. The summed E-state index contributed by atoms with van der Waals surface area (Å²) in [5.41, 5.74) is 0.00555. The summed E-state index contributed by atoms with van der Waals surface area (Å²) in [5.74, 6) is 1.51. The lowest BCUT2D eigenvalue weighted by Crippen LogP contribution is -2.40. The monoisotopic (exact) mass is 327 g/mol. The highest BCUT2D eigenvalue weighted by atomic mass is 79.9. The molecule has 1 heterocycles. The molecule has 0 saturated heterocycles. The van der Waals surface area contributed by atoms with Gasteiger partial charge in [-0.1, -0.05) is 19.8 Å². The maximum Gasteiger partial charge on any atom is 0.267 e. The number of nitrogens with zero attached hydrogens (tertiary/aromatic N) is 2. The van der Waals surface area contributed by atoms with Crippen LogP contribution in [0, 0.1) is 12.8 Å². The van der Waals surface area contributed by atoms with Crippen molar-refractivity contribution >= 4 is 15.9 Å². The van der Waals surface area contributed by atoms with Crippen LogP contribution in [0.3, 0.4) is 0 Å². The Kier molecular flexibility index (Phi) is 5.16. The van der Waals surface area contributed by atoms with E-state index in [1.807, 2.05) is 6.92 Å². The van der Waals surface area contributed by atoms with Crippen LogP contribution in [-0.4, -0.2) is 22.1 Å². The van der Waals surface area contributed by atoms with Gasteiger partial charge in [-0.2, -0.15) is 0 Å². The molecule has 19 heavy (non-hydrogen) atoms. The average molecular weight is 328 g/mol. The summed E-state index contributed by atoms with van der Waals surface area (Å²) in [6.07, 6.45) is 6.82. The zero-order valence-corrected chi connectivity index (χ0v) is 13.2. The summed E-state index contributed by atoms with van der Waals surface area (Å²) in [6, 6.07) is 0.602. The third-order valence-electron chi connectivity index (χ3n) is 4.06. The maximum absolute atomic E-state index is 12.0. The van der Waals surface area contributed by atoms with E-state index in [-0.39, 0.29) is 5.56 Å². The van der Waals surface area contributed by atoms with Gasteiger partial charge < -0.3 is 5.32 Å². The van der Waals surface area contributed by atoms with Crippen LogP contribution < -0.4 is 10.9 Å². The first kappa shape index (κ1) is 14.7. The smallest absolute Gasteiger partial charge is 0.267 e. The van der Waals surface area contributed by atoms with E-state index in [1.54, 1.807) is 10.8 Å². The molecule has 0 radical (unpaired) electrons. The molecular formula is C14H22BrN3O. The molecule has 1 aliphatic rings. The minimum atomic E-state index is 0.00555. The van der Waals surface area contributed by atoms with Crippen LogP contribution in [0.4, 0.5) is 0 Å². The normalized spacial score (nSPS) is 23.5. The van der Waals surface area contributed by atoms with Crippen LogP contribution in [-0.2, 0) is 6.54 Å². The van der Waals surface area contributed by atoms with Crippen LogP contribution in [0.2, 0.25) is 0 Å². The van der Waals surface area contributed by atoms with Gasteiger partial charge in [-0.05, 0) is 41.6 Å². The lowest BCUT2D eigenvalue weighted by atomic mass is 9.86. The van der Waals surface area contributed by atoms with E-state index >= 15 is 0 Å². The Labute approximate surface area is 122 Å². The van der Waals surface area contributed by atoms with Crippen molar-refractivity contribution in [3.05, 3.63) is 26.8 Å². The van der Waals surface area contributed by atoms with Crippen molar-refractivity contribution in [3.8, 4) is 0 Å². The fourth-order valence-electron chi connectivity index (χ4n) is 2.80. The third kappa shape index (κ3) is 3.66. The van der Waals surface area contributed by atoms with Gasteiger partial charge in [-0.25, -0.2) is 4.98 Å². The van der Waals surface area contributed by atoms with Crippen molar-refractivity contribution in [1.29, 1.82) is 0 Å². The Bertz CT molecular complexity index is 486. The predicted molar refractivity (Wildman–Crippen MR) is 80.4 cm³/mol. The van der Waals surface area contributed by atoms with E-state index < -0.39 is 0 Å². The van der Waals surface area contributed by atoms with E-state index in [0.29, 0.717) is 17.1 Å². The molecule has 4 nitrogen and oxygen atoms in total. The number of hydrogen-bond donors (Lipinski definition) is 1. The summed E-state index contributed by atoms with van der Waals surface area (Å²) in [7, 11) is 0. The van der Waals surface area contributed by atoms with Gasteiger partial charge in [-0.15, -0.1) is 0 Å². The minimum absolute atomic E-state index is 0.00555. The van der Waals surface area contributed by atoms with Gasteiger partial charge in [0.05, 0.1) is 0 Å². The number of aryl methyl sites for hydroxylation is 1. The molecule has 2 unspecified atom stereocenters. The summed E-state index contributed by atoms with van der Waals surface area (Å²) in [5, 5.41) is 3.59. The summed E-state index contributed by atoms with van der Waals surface area (Å²) in [4.78, 5) is 16.2. The van der Waals surface area contributed by atoms with Crippen molar-refractivity contribution in [3.63, 3.8) is 0 Å². The quantitative estimate of drug-likeness (QED) is 0.924. The van der Waals surface area contributed by atoms with Crippen LogP contribution in [0.25, 0.3) is 0 Å². The van der Waals surface area contributed by atoms with E-state index in [0.717, 1.165) is 18.3 Å². The lowest BCUT2D eigenvalue weighted by molar-refractivity contribution is 0.277. The lowest BCUT2D eigenvalue weighted by Gasteiger charge is -2.29. The average Bonchev–Trinajstić information content (AvgIpc) is 2.40. The van der Waals surface area contributed by atoms with Crippen LogP contribution in [0.5, 0.6) is 0 Å². The molecule has 0 spiro atoms. The van der Waals surface area contributed by atoms with Crippen molar-refractivity contribution in [2.75, 3.05) is 6.54 Å². The minimum Gasteiger partial charge on any atom is -0.312 e. The van der Waals surface area contributed by atoms with Crippen LogP contribution in [0.15, 0.2) is 15.5 Å². The Hall–Kier alpha value is -0.680. The fourth-order valence-corrected chi connectivity index (χ4v) is 3.11. The molecule has 2 rings (SSSR count). The summed E-state index contributed by atoms with van der Waals surface area (Å²) >= 11 is 3.24. The van der Waals surface area contributed by atoms with Crippen molar-refractivity contribution in [1.82, 2.24) is 14.9 Å². The number of hydrogen-bond acceptors (Lipinski definition) is 3. The van der Waals surface area contributed by atoms with Gasteiger partial charge >= 0.3 is 0 Å². The van der Waals surface area contributed by atoms with Crippen molar-refractivity contribution in [2.45, 2.75) is 52.1 Å². The highest BCUT2D eigenvalue weighted by molar-refractivity contribution is 9.10. The van der Waals surface area contributed by atoms with E-state index in [2.05, 4.69) is 33.2 Å². The molecule has 1 saturated carbocycles. The predicted octanol–water partition coefficient (Wildman–Crippen LogP) is 2.48. The second-order valence-electron chi connectivity index (χ2n) is 5.43. The van der Waals surface area contributed by atoms with Gasteiger partial charge in [0.15, 0.2) is 0 Å². The van der Waals surface area contributed by atoms with Gasteiger partial charge in [0.1, 0.15) is 10.3 Å². The van der Waals surface area contributed by atoms with Crippen LogP contribution in [0.1, 0.15) is 38.4 Å². The number of aromatic nitrogens is 2. The number of nitrogens with one attached hydrogen (secondary N) is 1. The second-order valence-corrected chi connectivity index (χ2v) is 6.29. The molecule has 5 heteroatoms. The zero-order valence-electron chi connectivity index (χ0n) is 11.7. The zero-order chi connectivity index (χ0) is 13.8. The Morgan fingerprint density at radius 1 is 1.47 bits per heavy atom. The molecule has 1 aliphatic carbocycles. The maximum atomic E-state index is 12.0. The standard InChI is InChI=1S/C14H22BrN3O/c1-10-5-3-4-6-13(10)16-7-8-18-11(2)17-9-12(15)14(18)19/h9-10,13,16H,3-8H2,1-2H3. The number of halogens is 1. The Balaban J connectivity index is 1.92. The summed E-state index contributed by atoms with van der Waals surface area (Å²) in [6.45, 7) is 5.69. The molecule has 2 atom stereocenters. The summed E-state index contributed by atoms with van der Waals surface area (Å²) < 4.78 is 2.26. The van der Waals surface area contributed by atoms with Crippen LogP contribution >= 0.6 is 15.9 Å². The van der Waals surface area contributed by atoms with E-state index in [4.69, 9.17) is 0 Å². The second kappa shape index (κ2) is 6.66. The van der Waals surface area contributed by atoms with Gasteiger partial charge in [0, 0.05) is 25.3 Å². The van der Waals surface area contributed by atoms with Gasteiger partial charge in [0.2, 0.25) is 0 Å². The fraction of sp³-hybridized carbons (Fsp3) is 0.714. The third-order valence-corrected chi connectivity index (χ3v) is 4.60. The molecule has 1 aromatic heterocycles. The molecule has 106 valence electrons. The molecule has 0 bridgehead atoms. The molecule has 1 N–H and O–H groups in total. The van der Waals surface area contributed by atoms with Crippen molar-refractivity contribution in [2.24, 2.45) is 5.92 Å². The molecule has 1 fully saturated rings. The topological polar surface area (TPSA) is 46.9 Å². The van der Waals surface area contributed by atoms with Gasteiger partial charge in [0.25, 0.3) is 5.56 Å². The molecule has 0 amide bonds. The molecule has 0 aliphatic heterocycles. The molecule has 0 aromatic carbocycles. The van der Waals surface area contributed by atoms with Gasteiger partial charge in [-0.3, -0.25) is 9.36 Å². The highest BCUT2D eigenvalue weighted by Crippen LogP contribution is 2.23. The van der Waals surface area contributed by atoms with E-state index in [9.17, 15) is 4.79 Å². The first-order valence-corrected chi connectivity index (χ1v) is 7.84. The molecular weight excluding hydrogens is 306 g/mol.